The fourth-order valence-corrected chi connectivity index (χ4v) is 5.35. The first-order valence-electron chi connectivity index (χ1n) is 10.6. The minimum absolute atomic E-state index is 0.0498. The Labute approximate surface area is 200 Å². The maximum absolute atomic E-state index is 13.4. The molecule has 0 aliphatic carbocycles. The van der Waals surface area contributed by atoms with Crippen LogP contribution < -0.4 is 9.64 Å². The number of fused-ring (bicyclic) bond motifs is 1. The lowest BCUT2D eigenvalue weighted by Crippen LogP contribution is -2.29. The van der Waals surface area contributed by atoms with Crippen LogP contribution in [-0.4, -0.2) is 33.9 Å². The topological polar surface area (TPSA) is 92.6 Å². The molecule has 0 saturated carbocycles. The number of anilines is 1. The van der Waals surface area contributed by atoms with Crippen LogP contribution in [0.5, 0.6) is 5.75 Å². The van der Waals surface area contributed by atoms with Gasteiger partial charge in [-0.1, -0.05) is 35.6 Å². The zero-order valence-electron chi connectivity index (χ0n) is 18.8. The Bertz CT molecular complexity index is 1440. The molecule has 1 fully saturated rings. The van der Waals surface area contributed by atoms with E-state index in [4.69, 9.17) is 4.74 Å². The SMILES string of the molecule is COc1c(C)cc(C)cc1/C(O)=C1\C(=O)C(=O)N(c2nc3ccccc3s2)C1c1ccccn1. The third-order valence-electron chi connectivity index (χ3n) is 5.78. The van der Waals surface area contributed by atoms with Crippen LogP contribution in [-0.2, 0) is 9.59 Å². The number of Topliss-reactive ketones (excluding diaryl/α,β-unsaturated/α-hetero) is 1. The maximum Gasteiger partial charge on any atom is 0.301 e. The standard InChI is InChI=1S/C26H21N3O4S/c1-14-12-15(2)24(33-3)16(13-14)22(30)20-21(18-9-6-7-11-27-18)29(25(32)23(20)31)26-28-17-8-4-5-10-19(17)34-26/h4-13,21,30H,1-3H3/b22-20+. The summed E-state index contributed by atoms with van der Waals surface area (Å²) in [5, 5.41) is 11.8. The number of ether oxygens (including phenoxy) is 1. The molecule has 0 bridgehead atoms. The van der Waals surface area contributed by atoms with E-state index in [0.717, 1.165) is 21.3 Å². The van der Waals surface area contributed by atoms with Crippen molar-refractivity contribution in [2.45, 2.75) is 19.9 Å². The summed E-state index contributed by atoms with van der Waals surface area (Å²) < 4.78 is 6.42. The number of aromatic nitrogens is 2. The van der Waals surface area contributed by atoms with Crippen molar-refractivity contribution in [1.29, 1.82) is 0 Å². The molecule has 1 saturated heterocycles. The number of hydrogen-bond donors (Lipinski definition) is 1. The molecule has 0 radical (unpaired) electrons. The van der Waals surface area contributed by atoms with Gasteiger partial charge in [-0.2, -0.15) is 0 Å². The largest absolute Gasteiger partial charge is 0.507 e. The minimum atomic E-state index is -0.938. The molecule has 170 valence electrons. The van der Waals surface area contributed by atoms with E-state index in [-0.39, 0.29) is 11.3 Å². The fraction of sp³-hybridized carbons (Fsp3) is 0.154. The third-order valence-corrected chi connectivity index (χ3v) is 6.81. The van der Waals surface area contributed by atoms with Crippen LogP contribution >= 0.6 is 11.3 Å². The van der Waals surface area contributed by atoms with E-state index in [1.165, 1.54) is 23.3 Å². The number of rotatable bonds is 4. The summed E-state index contributed by atoms with van der Waals surface area (Å²) >= 11 is 1.31. The number of aryl methyl sites for hydroxylation is 2. The van der Waals surface area contributed by atoms with Crippen molar-refractivity contribution in [3.8, 4) is 5.75 Å². The predicted octanol–water partition coefficient (Wildman–Crippen LogP) is 4.94. The first-order chi connectivity index (χ1) is 16.4. The lowest BCUT2D eigenvalue weighted by atomic mass is 9.96. The van der Waals surface area contributed by atoms with Gasteiger partial charge in [-0.25, -0.2) is 4.98 Å². The van der Waals surface area contributed by atoms with Crippen LogP contribution in [0, 0.1) is 13.8 Å². The molecular formula is C26H21N3O4S. The summed E-state index contributed by atoms with van der Waals surface area (Å²) in [4.78, 5) is 37.1. The highest BCUT2D eigenvalue weighted by atomic mass is 32.1. The van der Waals surface area contributed by atoms with Crippen molar-refractivity contribution >= 4 is 44.1 Å². The van der Waals surface area contributed by atoms with Crippen molar-refractivity contribution < 1.29 is 19.4 Å². The molecule has 1 aliphatic heterocycles. The van der Waals surface area contributed by atoms with Crippen LogP contribution in [0.1, 0.15) is 28.4 Å². The predicted molar refractivity (Wildman–Crippen MR) is 131 cm³/mol. The number of pyridine rings is 1. The first kappa shape index (κ1) is 21.8. The van der Waals surface area contributed by atoms with Gasteiger partial charge in [0.15, 0.2) is 5.13 Å². The molecule has 4 aromatic rings. The number of amides is 1. The van der Waals surface area contributed by atoms with Crippen molar-refractivity contribution in [2.24, 2.45) is 0 Å². The number of methoxy groups -OCH3 is 1. The second-order valence-electron chi connectivity index (χ2n) is 8.05. The highest BCUT2D eigenvalue weighted by Crippen LogP contribution is 2.45. The quantitative estimate of drug-likeness (QED) is 0.257. The molecular weight excluding hydrogens is 450 g/mol. The maximum atomic E-state index is 13.4. The molecule has 7 nitrogen and oxygen atoms in total. The van der Waals surface area contributed by atoms with Gasteiger partial charge in [0, 0.05) is 6.20 Å². The molecule has 8 heteroatoms. The fourth-order valence-electron chi connectivity index (χ4n) is 4.36. The lowest BCUT2D eigenvalue weighted by molar-refractivity contribution is -0.132. The van der Waals surface area contributed by atoms with Crippen LogP contribution in [0.25, 0.3) is 16.0 Å². The Balaban J connectivity index is 1.77. The smallest absolute Gasteiger partial charge is 0.301 e. The third kappa shape index (κ3) is 3.43. The monoisotopic (exact) mass is 471 g/mol. The van der Waals surface area contributed by atoms with Gasteiger partial charge in [0.2, 0.25) is 0 Å². The van der Waals surface area contributed by atoms with Gasteiger partial charge in [0.25, 0.3) is 5.78 Å². The van der Waals surface area contributed by atoms with Gasteiger partial charge in [-0.15, -0.1) is 0 Å². The number of hydrogen-bond acceptors (Lipinski definition) is 7. The van der Waals surface area contributed by atoms with Crippen LogP contribution in [0.3, 0.4) is 0 Å². The Morgan fingerprint density at radius 3 is 2.56 bits per heavy atom. The summed E-state index contributed by atoms with van der Waals surface area (Å²) in [6.45, 7) is 3.75. The molecule has 1 unspecified atom stereocenters. The molecule has 1 atom stereocenters. The van der Waals surface area contributed by atoms with Crippen molar-refractivity contribution in [1.82, 2.24) is 9.97 Å². The summed E-state index contributed by atoms with van der Waals surface area (Å²) in [5.41, 5.74) is 3.16. The Morgan fingerprint density at radius 2 is 1.85 bits per heavy atom. The molecule has 1 N–H and O–H groups in total. The summed E-state index contributed by atoms with van der Waals surface area (Å²) in [6, 6.07) is 15.5. The minimum Gasteiger partial charge on any atom is -0.507 e. The highest BCUT2D eigenvalue weighted by molar-refractivity contribution is 7.22. The average molecular weight is 472 g/mol. The van der Waals surface area contributed by atoms with E-state index in [2.05, 4.69) is 9.97 Å². The first-order valence-corrected chi connectivity index (χ1v) is 11.5. The zero-order valence-corrected chi connectivity index (χ0v) is 19.6. The normalized spacial score (nSPS) is 17.5. The van der Waals surface area contributed by atoms with E-state index in [0.29, 0.717) is 22.1 Å². The molecule has 5 rings (SSSR count). The number of carbonyl (C=O) groups is 2. The number of para-hydroxylation sites is 1. The molecule has 34 heavy (non-hydrogen) atoms. The molecule has 0 spiro atoms. The zero-order chi connectivity index (χ0) is 24.0. The van der Waals surface area contributed by atoms with E-state index >= 15 is 0 Å². The van der Waals surface area contributed by atoms with E-state index in [1.807, 2.05) is 44.2 Å². The number of thiazole rings is 1. The number of aliphatic hydroxyl groups is 1. The highest BCUT2D eigenvalue weighted by Gasteiger charge is 2.49. The van der Waals surface area contributed by atoms with Gasteiger partial charge in [-0.3, -0.25) is 19.5 Å². The van der Waals surface area contributed by atoms with E-state index in [9.17, 15) is 14.7 Å². The van der Waals surface area contributed by atoms with Crippen LogP contribution in [0.4, 0.5) is 5.13 Å². The second kappa shape index (κ2) is 8.39. The molecule has 1 aliphatic rings. The van der Waals surface area contributed by atoms with Gasteiger partial charge < -0.3 is 9.84 Å². The van der Waals surface area contributed by atoms with Gasteiger partial charge in [0.1, 0.15) is 17.6 Å². The number of carbonyl (C=O) groups excluding carboxylic acids is 2. The molecule has 2 aromatic heterocycles. The van der Waals surface area contributed by atoms with Gasteiger partial charge in [0.05, 0.1) is 34.2 Å². The summed E-state index contributed by atoms with van der Waals surface area (Å²) in [7, 11) is 1.50. The van der Waals surface area contributed by atoms with E-state index < -0.39 is 17.7 Å². The molecule has 2 aromatic carbocycles. The average Bonchev–Trinajstić information content (AvgIpc) is 3.37. The number of ketones is 1. The number of benzene rings is 2. The number of aliphatic hydroxyl groups excluding tert-OH is 1. The summed E-state index contributed by atoms with van der Waals surface area (Å²) in [5.74, 6) is -1.43. The van der Waals surface area contributed by atoms with Crippen molar-refractivity contribution in [3.63, 3.8) is 0 Å². The van der Waals surface area contributed by atoms with Gasteiger partial charge >= 0.3 is 5.91 Å². The van der Waals surface area contributed by atoms with Crippen LogP contribution in [0.15, 0.2) is 66.4 Å². The second-order valence-corrected chi connectivity index (χ2v) is 9.06. The number of nitrogens with zero attached hydrogens (tertiary/aromatic N) is 3. The Hall–Kier alpha value is -4.04. The molecule has 1 amide bonds. The van der Waals surface area contributed by atoms with Crippen molar-refractivity contribution in [2.75, 3.05) is 12.0 Å². The van der Waals surface area contributed by atoms with E-state index in [1.54, 1.807) is 30.5 Å². The summed E-state index contributed by atoms with van der Waals surface area (Å²) in [6.07, 6.45) is 1.59. The lowest BCUT2D eigenvalue weighted by Gasteiger charge is -2.22. The van der Waals surface area contributed by atoms with Gasteiger partial charge in [-0.05, 0) is 55.3 Å². The van der Waals surface area contributed by atoms with Crippen LogP contribution in [0.2, 0.25) is 0 Å². The van der Waals surface area contributed by atoms with Crippen molar-refractivity contribution in [3.05, 3.63) is 88.8 Å². The molecule has 3 heterocycles. The Kier molecular flexibility index (Phi) is 5.37. The Morgan fingerprint density at radius 1 is 1.09 bits per heavy atom.